The maximum absolute atomic E-state index is 5.83. The summed E-state index contributed by atoms with van der Waals surface area (Å²) in [4.78, 5) is 6.92. The first-order valence-corrected chi connectivity index (χ1v) is 7.00. The van der Waals surface area contributed by atoms with Crippen molar-refractivity contribution in [2.24, 2.45) is 16.6 Å². The molecule has 0 spiro atoms. The molecule has 1 heterocycles. The fourth-order valence-corrected chi connectivity index (χ4v) is 2.16. The summed E-state index contributed by atoms with van der Waals surface area (Å²) in [6.45, 7) is 11.9. The third-order valence-corrected chi connectivity index (χ3v) is 3.29. The van der Waals surface area contributed by atoms with Crippen LogP contribution in [0.4, 0.5) is 0 Å². The van der Waals surface area contributed by atoms with Gasteiger partial charge in [-0.05, 0) is 12.3 Å². The number of nitrogens with two attached hydrogens (primary N) is 1. The van der Waals surface area contributed by atoms with Gasteiger partial charge in [0.1, 0.15) is 0 Å². The highest BCUT2D eigenvalue weighted by Crippen LogP contribution is 2.13. The maximum atomic E-state index is 5.83. The Morgan fingerprint density at radius 1 is 1.37 bits per heavy atom. The van der Waals surface area contributed by atoms with Gasteiger partial charge in [0.05, 0.1) is 19.8 Å². The summed E-state index contributed by atoms with van der Waals surface area (Å²) in [5.41, 5.74) is 5.83. The SMILES string of the molecule is CCCNC(N)=NCC(C(C)C)N1CCOCC1.I. The van der Waals surface area contributed by atoms with E-state index in [1.165, 1.54) is 0 Å². The van der Waals surface area contributed by atoms with Gasteiger partial charge >= 0.3 is 0 Å². The minimum Gasteiger partial charge on any atom is -0.379 e. The number of nitrogens with one attached hydrogen (secondary N) is 1. The number of halogens is 1. The molecule has 114 valence electrons. The van der Waals surface area contributed by atoms with Gasteiger partial charge in [-0.3, -0.25) is 9.89 Å². The van der Waals surface area contributed by atoms with Crippen LogP contribution in [0.15, 0.2) is 4.99 Å². The summed E-state index contributed by atoms with van der Waals surface area (Å²) >= 11 is 0. The lowest BCUT2D eigenvalue weighted by atomic mass is 10.0. The van der Waals surface area contributed by atoms with Crippen molar-refractivity contribution in [3.05, 3.63) is 0 Å². The molecule has 1 atom stereocenters. The van der Waals surface area contributed by atoms with E-state index in [-0.39, 0.29) is 24.0 Å². The Kier molecular flexibility index (Phi) is 10.6. The maximum Gasteiger partial charge on any atom is 0.188 e. The topological polar surface area (TPSA) is 62.9 Å². The van der Waals surface area contributed by atoms with Crippen molar-refractivity contribution < 1.29 is 4.74 Å². The standard InChI is InChI=1S/C13H28N4O.HI/c1-4-5-15-13(14)16-10-12(11(2)3)17-6-8-18-9-7-17;/h11-12H,4-10H2,1-3H3,(H3,14,15,16);1H. The van der Waals surface area contributed by atoms with Crippen LogP contribution in [0.5, 0.6) is 0 Å². The van der Waals surface area contributed by atoms with E-state index < -0.39 is 0 Å². The van der Waals surface area contributed by atoms with Gasteiger partial charge in [-0.2, -0.15) is 0 Å². The van der Waals surface area contributed by atoms with Gasteiger partial charge in [-0.1, -0.05) is 20.8 Å². The van der Waals surface area contributed by atoms with Crippen molar-refractivity contribution in [3.63, 3.8) is 0 Å². The Balaban J connectivity index is 0.00000324. The van der Waals surface area contributed by atoms with Crippen molar-refractivity contribution in [1.29, 1.82) is 0 Å². The van der Waals surface area contributed by atoms with Crippen molar-refractivity contribution in [2.45, 2.75) is 33.2 Å². The molecule has 5 nitrogen and oxygen atoms in total. The lowest BCUT2D eigenvalue weighted by Gasteiger charge is -2.36. The van der Waals surface area contributed by atoms with Crippen LogP contribution in [0.3, 0.4) is 0 Å². The first kappa shape index (κ1) is 18.9. The molecule has 3 N–H and O–H groups in total. The molecule has 0 aromatic heterocycles. The zero-order valence-electron chi connectivity index (χ0n) is 12.4. The molecular formula is C13H29IN4O. The second-order valence-electron chi connectivity index (χ2n) is 5.11. The van der Waals surface area contributed by atoms with E-state index >= 15 is 0 Å². The van der Waals surface area contributed by atoms with E-state index in [4.69, 9.17) is 10.5 Å². The lowest BCUT2D eigenvalue weighted by molar-refractivity contribution is 0.00868. The molecule has 19 heavy (non-hydrogen) atoms. The fourth-order valence-electron chi connectivity index (χ4n) is 2.16. The minimum absolute atomic E-state index is 0. The van der Waals surface area contributed by atoms with Crippen LogP contribution in [-0.2, 0) is 4.74 Å². The Bertz CT molecular complexity index is 255. The summed E-state index contributed by atoms with van der Waals surface area (Å²) in [5.74, 6) is 1.14. The molecule has 0 bridgehead atoms. The third-order valence-electron chi connectivity index (χ3n) is 3.29. The highest BCUT2D eigenvalue weighted by atomic mass is 127. The van der Waals surface area contributed by atoms with Crippen LogP contribution in [0.1, 0.15) is 27.2 Å². The number of hydrogen-bond acceptors (Lipinski definition) is 3. The molecule has 1 unspecified atom stereocenters. The molecule has 1 fully saturated rings. The average molecular weight is 384 g/mol. The van der Waals surface area contributed by atoms with Crippen LogP contribution in [-0.4, -0.2) is 56.3 Å². The van der Waals surface area contributed by atoms with Gasteiger partial charge in [0, 0.05) is 25.7 Å². The summed E-state index contributed by atoms with van der Waals surface area (Å²) in [6.07, 6.45) is 1.06. The molecular weight excluding hydrogens is 355 g/mol. The van der Waals surface area contributed by atoms with Crippen molar-refractivity contribution >= 4 is 29.9 Å². The van der Waals surface area contributed by atoms with Gasteiger partial charge < -0.3 is 15.8 Å². The number of guanidine groups is 1. The van der Waals surface area contributed by atoms with E-state index in [1.807, 2.05) is 0 Å². The normalized spacial score (nSPS) is 19.1. The van der Waals surface area contributed by atoms with E-state index in [2.05, 4.69) is 36.0 Å². The van der Waals surface area contributed by atoms with Gasteiger partial charge in [0.25, 0.3) is 0 Å². The predicted octanol–water partition coefficient (Wildman–Crippen LogP) is 1.28. The molecule has 1 saturated heterocycles. The third kappa shape index (κ3) is 7.31. The smallest absolute Gasteiger partial charge is 0.188 e. The lowest BCUT2D eigenvalue weighted by Crippen LogP contribution is -2.48. The quantitative estimate of drug-likeness (QED) is 0.412. The molecule has 1 rings (SSSR count). The molecule has 0 aliphatic carbocycles. The van der Waals surface area contributed by atoms with Crippen LogP contribution < -0.4 is 11.1 Å². The number of hydrogen-bond donors (Lipinski definition) is 2. The molecule has 0 aromatic rings. The first-order chi connectivity index (χ1) is 8.65. The summed E-state index contributed by atoms with van der Waals surface area (Å²) in [7, 11) is 0. The summed E-state index contributed by atoms with van der Waals surface area (Å²) < 4.78 is 5.39. The zero-order chi connectivity index (χ0) is 13.4. The Hall–Kier alpha value is -0.0800. The number of morpholine rings is 1. The number of aliphatic imine (C=N–C) groups is 1. The number of nitrogens with zero attached hydrogens (tertiary/aromatic N) is 2. The van der Waals surface area contributed by atoms with E-state index in [0.717, 1.165) is 45.8 Å². The van der Waals surface area contributed by atoms with Gasteiger partial charge in [0.2, 0.25) is 0 Å². The molecule has 0 radical (unpaired) electrons. The van der Waals surface area contributed by atoms with E-state index in [0.29, 0.717) is 17.9 Å². The monoisotopic (exact) mass is 384 g/mol. The Labute approximate surface area is 134 Å². The van der Waals surface area contributed by atoms with Gasteiger partial charge in [-0.25, -0.2) is 0 Å². The molecule has 0 amide bonds. The van der Waals surface area contributed by atoms with Crippen LogP contribution in [0.25, 0.3) is 0 Å². The largest absolute Gasteiger partial charge is 0.379 e. The number of ether oxygens (including phenoxy) is 1. The van der Waals surface area contributed by atoms with Crippen LogP contribution in [0.2, 0.25) is 0 Å². The molecule has 1 aliphatic rings. The highest BCUT2D eigenvalue weighted by molar-refractivity contribution is 14.0. The van der Waals surface area contributed by atoms with Crippen LogP contribution in [0, 0.1) is 5.92 Å². The molecule has 6 heteroatoms. The van der Waals surface area contributed by atoms with Gasteiger partial charge in [-0.15, -0.1) is 24.0 Å². The second-order valence-corrected chi connectivity index (χ2v) is 5.11. The van der Waals surface area contributed by atoms with E-state index in [1.54, 1.807) is 0 Å². The van der Waals surface area contributed by atoms with Crippen LogP contribution >= 0.6 is 24.0 Å². The van der Waals surface area contributed by atoms with Crippen molar-refractivity contribution in [1.82, 2.24) is 10.2 Å². The molecule has 0 saturated carbocycles. The van der Waals surface area contributed by atoms with Crippen molar-refractivity contribution in [3.8, 4) is 0 Å². The first-order valence-electron chi connectivity index (χ1n) is 7.00. The second kappa shape index (κ2) is 10.7. The Morgan fingerprint density at radius 2 is 2.00 bits per heavy atom. The van der Waals surface area contributed by atoms with Gasteiger partial charge in [0.15, 0.2) is 5.96 Å². The highest BCUT2D eigenvalue weighted by Gasteiger charge is 2.23. The zero-order valence-corrected chi connectivity index (χ0v) is 14.7. The fraction of sp³-hybridized carbons (Fsp3) is 0.923. The number of rotatable bonds is 6. The van der Waals surface area contributed by atoms with Crippen molar-refractivity contribution in [2.75, 3.05) is 39.4 Å². The predicted molar refractivity (Wildman–Crippen MR) is 91.2 cm³/mol. The molecule has 0 aromatic carbocycles. The average Bonchev–Trinajstić information content (AvgIpc) is 2.37. The summed E-state index contributed by atoms with van der Waals surface area (Å²) in [6, 6.07) is 0.455. The molecule has 1 aliphatic heterocycles. The summed E-state index contributed by atoms with van der Waals surface area (Å²) in [5, 5.41) is 3.11. The minimum atomic E-state index is 0. The van der Waals surface area contributed by atoms with E-state index in [9.17, 15) is 0 Å². The Morgan fingerprint density at radius 3 is 2.53 bits per heavy atom.